The highest BCUT2D eigenvalue weighted by Crippen LogP contribution is 2.38. The van der Waals surface area contributed by atoms with Crippen LogP contribution >= 0.6 is 0 Å². The van der Waals surface area contributed by atoms with Crippen molar-refractivity contribution in [1.82, 2.24) is 0 Å². The Morgan fingerprint density at radius 2 is 1.41 bits per heavy atom. The fraction of sp³-hybridized carbons (Fsp3) is 0.125. The number of benzene rings is 3. The minimum atomic E-state index is -4.41. The number of carbonyl (C=O) groups excluding carboxylic acids is 1. The first-order valence-corrected chi connectivity index (χ1v) is 9.19. The Bertz CT molecular complexity index is 1070. The van der Waals surface area contributed by atoms with E-state index in [9.17, 15) is 18.0 Å². The second-order valence-corrected chi connectivity index (χ2v) is 7.02. The molecule has 0 fully saturated rings. The lowest BCUT2D eigenvalue weighted by molar-refractivity contribution is -0.137. The minimum absolute atomic E-state index is 0.216. The molecule has 5 heteroatoms. The van der Waals surface area contributed by atoms with Gasteiger partial charge in [-0.3, -0.25) is 4.79 Å². The summed E-state index contributed by atoms with van der Waals surface area (Å²) in [5.41, 5.74) is 3.98. The highest BCUT2D eigenvalue weighted by molar-refractivity contribution is 6.36. The smallest absolute Gasteiger partial charge is 0.304 e. The van der Waals surface area contributed by atoms with Crippen molar-refractivity contribution < 1.29 is 18.0 Å². The zero-order chi connectivity index (χ0) is 20.6. The molecule has 0 aromatic heterocycles. The van der Waals surface area contributed by atoms with Gasteiger partial charge in [0.15, 0.2) is 0 Å². The highest BCUT2D eigenvalue weighted by atomic mass is 19.4. The van der Waals surface area contributed by atoms with E-state index in [4.69, 9.17) is 0 Å². The molecule has 0 saturated carbocycles. The third kappa shape index (κ3) is 3.68. The van der Waals surface area contributed by atoms with E-state index in [1.54, 1.807) is 0 Å². The maximum absolute atomic E-state index is 13.3. The van der Waals surface area contributed by atoms with E-state index in [-0.39, 0.29) is 5.91 Å². The number of alkyl halides is 3. The van der Waals surface area contributed by atoms with Crippen LogP contribution in [0.3, 0.4) is 0 Å². The van der Waals surface area contributed by atoms with Crippen molar-refractivity contribution in [3.05, 3.63) is 101 Å². The molecule has 0 radical (unpaired) electrons. The highest BCUT2D eigenvalue weighted by Gasteiger charge is 2.34. The lowest BCUT2D eigenvalue weighted by atomic mass is 9.96. The molecule has 3 aromatic rings. The van der Waals surface area contributed by atoms with E-state index in [0.29, 0.717) is 17.8 Å². The van der Waals surface area contributed by atoms with Crippen molar-refractivity contribution in [2.75, 3.05) is 11.4 Å². The molecule has 1 amide bonds. The lowest BCUT2D eigenvalue weighted by Gasteiger charge is -2.18. The van der Waals surface area contributed by atoms with E-state index in [1.165, 1.54) is 17.0 Å². The molecule has 0 bridgehead atoms. The number of anilines is 1. The molecule has 2 nitrogen and oxygen atoms in total. The molecule has 3 aromatic carbocycles. The summed E-state index contributed by atoms with van der Waals surface area (Å²) in [6.07, 6.45) is -4.41. The lowest BCUT2D eigenvalue weighted by Crippen LogP contribution is -2.26. The maximum Gasteiger partial charge on any atom is 0.416 e. The van der Waals surface area contributed by atoms with E-state index in [0.717, 1.165) is 34.4 Å². The van der Waals surface area contributed by atoms with Crippen molar-refractivity contribution >= 4 is 22.7 Å². The Labute approximate surface area is 166 Å². The third-order valence-electron chi connectivity index (χ3n) is 5.05. The standard InChI is InChI=1S/C24H18F3NO/c1-16-7-9-17(10-8-16)21-15-28(20-13-11-19(12-14-20)24(25,26)27)23(29)22(21)18-5-3-2-4-6-18/h2-14H,15H2,1H3. The molecular formula is C24H18F3NO. The third-order valence-corrected chi connectivity index (χ3v) is 5.05. The molecule has 1 heterocycles. The van der Waals surface area contributed by atoms with Gasteiger partial charge in [-0.2, -0.15) is 13.2 Å². The van der Waals surface area contributed by atoms with Gasteiger partial charge >= 0.3 is 6.18 Å². The second-order valence-electron chi connectivity index (χ2n) is 7.02. The Morgan fingerprint density at radius 1 is 0.793 bits per heavy atom. The van der Waals surface area contributed by atoms with E-state index >= 15 is 0 Å². The van der Waals surface area contributed by atoms with Crippen LogP contribution in [-0.4, -0.2) is 12.5 Å². The molecule has 146 valence electrons. The predicted molar refractivity (Wildman–Crippen MR) is 108 cm³/mol. The van der Waals surface area contributed by atoms with Crippen molar-refractivity contribution in [3.8, 4) is 0 Å². The predicted octanol–water partition coefficient (Wildman–Crippen LogP) is 5.97. The molecule has 0 spiro atoms. The first-order chi connectivity index (χ1) is 13.8. The van der Waals surface area contributed by atoms with Crippen LogP contribution in [0.5, 0.6) is 0 Å². The zero-order valence-electron chi connectivity index (χ0n) is 15.7. The summed E-state index contributed by atoms with van der Waals surface area (Å²) in [5.74, 6) is -0.216. The van der Waals surface area contributed by atoms with E-state index < -0.39 is 11.7 Å². The number of hydrogen-bond acceptors (Lipinski definition) is 1. The van der Waals surface area contributed by atoms with Gasteiger partial charge < -0.3 is 4.90 Å². The van der Waals surface area contributed by atoms with Gasteiger partial charge in [-0.05, 0) is 47.9 Å². The van der Waals surface area contributed by atoms with Crippen LogP contribution in [0.2, 0.25) is 0 Å². The van der Waals surface area contributed by atoms with Gasteiger partial charge in [0, 0.05) is 5.69 Å². The summed E-state index contributed by atoms with van der Waals surface area (Å²) in [5, 5.41) is 0. The van der Waals surface area contributed by atoms with Crippen LogP contribution < -0.4 is 4.90 Å². The summed E-state index contributed by atoms with van der Waals surface area (Å²) in [4.78, 5) is 14.8. The Morgan fingerprint density at radius 3 is 2.00 bits per heavy atom. The van der Waals surface area contributed by atoms with E-state index in [2.05, 4.69) is 0 Å². The van der Waals surface area contributed by atoms with Gasteiger partial charge in [0.25, 0.3) is 5.91 Å². The Kier molecular flexibility index (Phi) is 4.74. The van der Waals surface area contributed by atoms with Crippen molar-refractivity contribution in [2.24, 2.45) is 0 Å². The van der Waals surface area contributed by atoms with Gasteiger partial charge in [-0.1, -0.05) is 60.2 Å². The van der Waals surface area contributed by atoms with E-state index in [1.807, 2.05) is 61.5 Å². The van der Waals surface area contributed by atoms with Crippen LogP contribution in [0.4, 0.5) is 18.9 Å². The quantitative estimate of drug-likeness (QED) is 0.537. The molecule has 0 unspecified atom stereocenters. The normalized spacial score (nSPS) is 14.6. The minimum Gasteiger partial charge on any atom is -0.304 e. The van der Waals surface area contributed by atoms with Crippen LogP contribution in [-0.2, 0) is 11.0 Å². The monoisotopic (exact) mass is 393 g/mol. The average Bonchev–Trinajstić information content (AvgIpc) is 3.06. The number of nitrogens with zero attached hydrogens (tertiary/aromatic N) is 1. The first kappa shape index (κ1) is 19.0. The SMILES string of the molecule is Cc1ccc(C2=C(c3ccccc3)C(=O)N(c3ccc(C(F)(F)F)cc3)C2)cc1. The molecule has 0 N–H and O–H groups in total. The van der Waals surface area contributed by atoms with Crippen molar-refractivity contribution in [1.29, 1.82) is 0 Å². The molecule has 1 aliphatic heterocycles. The molecule has 0 aliphatic carbocycles. The fourth-order valence-corrected chi connectivity index (χ4v) is 3.50. The van der Waals surface area contributed by atoms with Crippen LogP contribution in [0.1, 0.15) is 22.3 Å². The van der Waals surface area contributed by atoms with Crippen molar-refractivity contribution in [3.63, 3.8) is 0 Å². The average molecular weight is 393 g/mol. The number of aryl methyl sites for hydroxylation is 1. The largest absolute Gasteiger partial charge is 0.416 e. The summed E-state index contributed by atoms with van der Waals surface area (Å²) in [7, 11) is 0. The summed E-state index contributed by atoms with van der Waals surface area (Å²) < 4.78 is 38.7. The summed E-state index contributed by atoms with van der Waals surface area (Å²) >= 11 is 0. The van der Waals surface area contributed by atoms with Gasteiger partial charge in [0.2, 0.25) is 0 Å². The Balaban J connectivity index is 1.76. The molecule has 4 rings (SSSR count). The molecular weight excluding hydrogens is 375 g/mol. The van der Waals surface area contributed by atoms with Gasteiger partial charge in [0.1, 0.15) is 0 Å². The van der Waals surface area contributed by atoms with Crippen molar-refractivity contribution in [2.45, 2.75) is 13.1 Å². The number of rotatable bonds is 3. The van der Waals surface area contributed by atoms with Gasteiger partial charge in [-0.15, -0.1) is 0 Å². The number of halogens is 3. The van der Waals surface area contributed by atoms with Gasteiger partial charge in [0.05, 0.1) is 17.7 Å². The summed E-state index contributed by atoms with van der Waals surface area (Å²) in [6.45, 7) is 2.29. The molecule has 0 atom stereocenters. The van der Waals surface area contributed by atoms with Crippen LogP contribution in [0, 0.1) is 6.92 Å². The topological polar surface area (TPSA) is 20.3 Å². The van der Waals surface area contributed by atoms with Crippen LogP contribution in [0.15, 0.2) is 78.9 Å². The molecule has 1 aliphatic rings. The zero-order valence-corrected chi connectivity index (χ0v) is 15.7. The number of hydrogen-bond donors (Lipinski definition) is 0. The van der Waals surface area contributed by atoms with Gasteiger partial charge in [-0.25, -0.2) is 0 Å². The van der Waals surface area contributed by atoms with Crippen LogP contribution in [0.25, 0.3) is 11.1 Å². The fourth-order valence-electron chi connectivity index (χ4n) is 3.50. The molecule has 29 heavy (non-hydrogen) atoms. The molecule has 0 saturated heterocycles. The Hall–Kier alpha value is -3.34. The number of carbonyl (C=O) groups is 1. The maximum atomic E-state index is 13.3. The second kappa shape index (κ2) is 7.24. The first-order valence-electron chi connectivity index (χ1n) is 9.19. The summed E-state index contributed by atoms with van der Waals surface area (Å²) in [6, 6.07) is 22.0. The number of amides is 1.